The summed E-state index contributed by atoms with van der Waals surface area (Å²) in [5.74, 6) is 3.58. The molecule has 0 bridgehead atoms. The molecule has 10 nitrogen and oxygen atoms in total. The second-order valence-corrected chi connectivity index (χ2v) is 7.05. The standard InChI is InChI=1S/C20H21N7O3/c1-14-22-18(12-19(23-14)27-6-2-5-21-27)25-7-9-26(10-8-25)20(28)24-15-3-4-16-17(11-15)30-13-29-16/h2-6,11-12H,7-10,13H2,1H3,(H,24,28). The van der Waals surface area contributed by atoms with E-state index in [9.17, 15) is 4.79 Å². The number of nitrogens with zero attached hydrogens (tertiary/aromatic N) is 6. The van der Waals surface area contributed by atoms with Gasteiger partial charge in [0.2, 0.25) is 6.79 Å². The summed E-state index contributed by atoms with van der Waals surface area (Å²) in [7, 11) is 0. The van der Waals surface area contributed by atoms with Gasteiger partial charge >= 0.3 is 6.03 Å². The van der Waals surface area contributed by atoms with Gasteiger partial charge in [0, 0.05) is 56.4 Å². The van der Waals surface area contributed by atoms with Crippen LogP contribution in [0.5, 0.6) is 11.5 Å². The molecule has 2 aromatic heterocycles. The van der Waals surface area contributed by atoms with Gasteiger partial charge in [0.15, 0.2) is 17.3 Å². The van der Waals surface area contributed by atoms with Gasteiger partial charge in [-0.3, -0.25) is 0 Å². The number of aryl methyl sites for hydroxylation is 1. The molecule has 2 aliphatic heterocycles. The van der Waals surface area contributed by atoms with E-state index in [4.69, 9.17) is 9.47 Å². The number of ether oxygens (including phenoxy) is 2. The van der Waals surface area contributed by atoms with Crippen LogP contribution in [0.3, 0.4) is 0 Å². The van der Waals surface area contributed by atoms with E-state index in [2.05, 4.69) is 25.3 Å². The number of amides is 2. The van der Waals surface area contributed by atoms with Gasteiger partial charge in [-0.2, -0.15) is 5.10 Å². The van der Waals surface area contributed by atoms with Crippen LogP contribution in [0.1, 0.15) is 5.82 Å². The summed E-state index contributed by atoms with van der Waals surface area (Å²) >= 11 is 0. The third-order valence-electron chi connectivity index (χ3n) is 5.06. The van der Waals surface area contributed by atoms with E-state index < -0.39 is 0 Å². The number of carbonyl (C=O) groups is 1. The number of urea groups is 1. The largest absolute Gasteiger partial charge is 0.454 e. The Labute approximate surface area is 173 Å². The van der Waals surface area contributed by atoms with Gasteiger partial charge < -0.3 is 24.6 Å². The highest BCUT2D eigenvalue weighted by Gasteiger charge is 2.23. The molecule has 10 heteroatoms. The van der Waals surface area contributed by atoms with Crippen molar-refractivity contribution in [1.82, 2.24) is 24.6 Å². The van der Waals surface area contributed by atoms with Crippen LogP contribution in [-0.2, 0) is 0 Å². The lowest BCUT2D eigenvalue weighted by molar-refractivity contribution is 0.174. The molecule has 3 aromatic rings. The number of nitrogens with one attached hydrogen (secondary N) is 1. The molecule has 0 atom stereocenters. The highest BCUT2D eigenvalue weighted by atomic mass is 16.7. The highest BCUT2D eigenvalue weighted by Crippen LogP contribution is 2.34. The molecule has 30 heavy (non-hydrogen) atoms. The van der Waals surface area contributed by atoms with Crippen LogP contribution in [0.25, 0.3) is 5.82 Å². The van der Waals surface area contributed by atoms with Gasteiger partial charge in [0.05, 0.1) is 0 Å². The van der Waals surface area contributed by atoms with Gasteiger partial charge in [0.25, 0.3) is 0 Å². The Morgan fingerprint density at radius 1 is 1.03 bits per heavy atom. The van der Waals surface area contributed by atoms with Crippen LogP contribution in [0.4, 0.5) is 16.3 Å². The number of hydrogen-bond acceptors (Lipinski definition) is 7. The fraction of sp³-hybridized carbons (Fsp3) is 0.300. The molecule has 0 radical (unpaired) electrons. The van der Waals surface area contributed by atoms with Crippen molar-refractivity contribution in [1.29, 1.82) is 0 Å². The molecule has 2 amide bonds. The lowest BCUT2D eigenvalue weighted by atomic mass is 10.2. The third kappa shape index (κ3) is 3.59. The highest BCUT2D eigenvalue weighted by molar-refractivity contribution is 5.90. The Morgan fingerprint density at radius 3 is 2.63 bits per heavy atom. The summed E-state index contributed by atoms with van der Waals surface area (Å²) < 4.78 is 12.4. The van der Waals surface area contributed by atoms with Gasteiger partial charge in [-0.05, 0) is 25.1 Å². The van der Waals surface area contributed by atoms with Gasteiger partial charge in [0.1, 0.15) is 11.6 Å². The summed E-state index contributed by atoms with van der Waals surface area (Å²) in [6.07, 6.45) is 3.57. The maximum absolute atomic E-state index is 12.7. The predicted molar refractivity (Wildman–Crippen MR) is 109 cm³/mol. The predicted octanol–water partition coefficient (Wildman–Crippen LogP) is 2.05. The van der Waals surface area contributed by atoms with E-state index in [1.807, 2.05) is 31.3 Å². The molecule has 1 saturated heterocycles. The van der Waals surface area contributed by atoms with E-state index >= 15 is 0 Å². The molecule has 0 saturated carbocycles. The lowest BCUT2D eigenvalue weighted by Crippen LogP contribution is -2.50. The van der Waals surface area contributed by atoms with Gasteiger partial charge in [-0.25, -0.2) is 19.4 Å². The first-order valence-corrected chi connectivity index (χ1v) is 9.72. The molecule has 1 aromatic carbocycles. The van der Waals surface area contributed by atoms with Crippen molar-refractivity contribution in [2.45, 2.75) is 6.92 Å². The number of anilines is 2. The van der Waals surface area contributed by atoms with Crippen molar-refractivity contribution < 1.29 is 14.3 Å². The SMILES string of the molecule is Cc1nc(N2CCN(C(=O)Nc3ccc4c(c3)OCO4)CC2)cc(-n2cccn2)n1. The van der Waals surface area contributed by atoms with E-state index in [-0.39, 0.29) is 12.8 Å². The van der Waals surface area contributed by atoms with E-state index in [1.165, 1.54) is 0 Å². The number of fused-ring (bicyclic) bond motifs is 1. The summed E-state index contributed by atoms with van der Waals surface area (Å²) in [6.45, 7) is 4.63. The van der Waals surface area contributed by atoms with Gasteiger partial charge in [-0.1, -0.05) is 0 Å². The molecule has 4 heterocycles. The van der Waals surface area contributed by atoms with Crippen LogP contribution in [0.15, 0.2) is 42.7 Å². The molecule has 1 fully saturated rings. The minimum atomic E-state index is -0.135. The Hall–Kier alpha value is -3.82. The number of aromatic nitrogens is 4. The van der Waals surface area contributed by atoms with Crippen LogP contribution < -0.4 is 19.7 Å². The molecule has 2 aliphatic rings. The average Bonchev–Trinajstić information content (AvgIpc) is 3.45. The number of hydrogen-bond donors (Lipinski definition) is 1. The summed E-state index contributed by atoms with van der Waals surface area (Å²) in [6, 6.07) is 9.02. The minimum Gasteiger partial charge on any atom is -0.454 e. The number of piperazine rings is 1. The first kappa shape index (κ1) is 18.2. The first-order valence-electron chi connectivity index (χ1n) is 9.72. The molecule has 0 unspecified atom stereocenters. The van der Waals surface area contributed by atoms with Crippen molar-refractivity contribution in [2.75, 3.05) is 43.2 Å². The van der Waals surface area contributed by atoms with Crippen molar-refractivity contribution in [3.63, 3.8) is 0 Å². The zero-order valence-electron chi connectivity index (χ0n) is 16.5. The summed E-state index contributed by atoms with van der Waals surface area (Å²) in [5, 5.41) is 7.17. The van der Waals surface area contributed by atoms with E-state index in [0.717, 1.165) is 11.6 Å². The smallest absolute Gasteiger partial charge is 0.321 e. The molecular weight excluding hydrogens is 386 g/mol. The van der Waals surface area contributed by atoms with Crippen LogP contribution >= 0.6 is 0 Å². The van der Waals surface area contributed by atoms with E-state index in [0.29, 0.717) is 49.2 Å². The molecule has 5 rings (SSSR count). The normalized spacial score (nSPS) is 15.4. The van der Waals surface area contributed by atoms with Crippen molar-refractivity contribution in [2.24, 2.45) is 0 Å². The molecule has 1 N–H and O–H groups in total. The number of benzene rings is 1. The fourth-order valence-electron chi connectivity index (χ4n) is 3.54. The second kappa shape index (κ2) is 7.54. The number of carbonyl (C=O) groups excluding carboxylic acids is 1. The maximum Gasteiger partial charge on any atom is 0.321 e. The van der Waals surface area contributed by atoms with Crippen LogP contribution in [-0.4, -0.2) is 63.7 Å². The van der Waals surface area contributed by atoms with Crippen molar-refractivity contribution >= 4 is 17.5 Å². The third-order valence-corrected chi connectivity index (χ3v) is 5.06. The summed E-state index contributed by atoms with van der Waals surface area (Å²) in [4.78, 5) is 25.6. The van der Waals surface area contributed by atoms with Crippen LogP contribution in [0.2, 0.25) is 0 Å². The molecular formula is C20H21N7O3. The maximum atomic E-state index is 12.7. The number of rotatable bonds is 3. The van der Waals surface area contributed by atoms with Crippen LogP contribution in [0, 0.1) is 6.92 Å². The monoisotopic (exact) mass is 407 g/mol. The fourth-order valence-corrected chi connectivity index (χ4v) is 3.54. The Balaban J connectivity index is 1.23. The Kier molecular flexibility index (Phi) is 4.58. The average molecular weight is 407 g/mol. The molecule has 154 valence electrons. The first-order chi connectivity index (χ1) is 14.7. The zero-order valence-corrected chi connectivity index (χ0v) is 16.5. The van der Waals surface area contributed by atoms with Crippen molar-refractivity contribution in [3.8, 4) is 17.3 Å². The second-order valence-electron chi connectivity index (χ2n) is 7.05. The summed E-state index contributed by atoms with van der Waals surface area (Å²) in [5.41, 5.74) is 0.682. The molecule has 0 spiro atoms. The molecule has 0 aliphatic carbocycles. The Morgan fingerprint density at radius 2 is 1.83 bits per heavy atom. The minimum absolute atomic E-state index is 0.135. The zero-order chi connectivity index (χ0) is 20.5. The topological polar surface area (TPSA) is 97.6 Å². The Bertz CT molecular complexity index is 1060. The quantitative estimate of drug-likeness (QED) is 0.710. The lowest BCUT2D eigenvalue weighted by Gasteiger charge is -2.35. The van der Waals surface area contributed by atoms with E-state index in [1.54, 1.807) is 27.9 Å². The van der Waals surface area contributed by atoms with Crippen molar-refractivity contribution in [3.05, 3.63) is 48.5 Å². The van der Waals surface area contributed by atoms with Gasteiger partial charge in [-0.15, -0.1) is 0 Å².